The van der Waals surface area contributed by atoms with Crippen molar-refractivity contribution in [2.24, 2.45) is 0 Å². The van der Waals surface area contributed by atoms with Crippen LogP contribution in [0.15, 0.2) is 40.9 Å². The Morgan fingerprint density at radius 3 is 2.95 bits per heavy atom. The summed E-state index contributed by atoms with van der Waals surface area (Å²) in [4.78, 5) is 2.09. The molecule has 0 atom stereocenters. The largest absolute Gasteiger partial charge is 0.493 e. The van der Waals surface area contributed by atoms with Crippen molar-refractivity contribution in [3.8, 4) is 11.8 Å². The fourth-order valence-corrected chi connectivity index (χ4v) is 3.26. The number of nitriles is 1. The fourth-order valence-electron chi connectivity index (χ4n) is 2.71. The topological polar surface area (TPSA) is 36.3 Å². The van der Waals surface area contributed by atoms with E-state index >= 15 is 0 Å². The summed E-state index contributed by atoms with van der Waals surface area (Å²) in [7, 11) is 2.00. The number of nitrogens with zero attached hydrogens (tertiary/aromatic N) is 2. The number of anilines is 1. The number of fused-ring (bicyclic) bond motifs is 1. The zero-order valence-corrected chi connectivity index (χ0v) is 13.4. The molecule has 0 spiro atoms. The Balaban J connectivity index is 1.92. The highest BCUT2D eigenvalue weighted by Gasteiger charge is 2.19. The first kappa shape index (κ1) is 14.0. The summed E-state index contributed by atoms with van der Waals surface area (Å²) in [6.45, 7) is 1.46. The van der Waals surface area contributed by atoms with Gasteiger partial charge in [0.1, 0.15) is 11.8 Å². The number of benzene rings is 2. The minimum atomic E-state index is 0.688. The van der Waals surface area contributed by atoms with Crippen LogP contribution in [0.25, 0.3) is 0 Å². The standard InChI is InChI=1S/C17H15BrN2O/c1-20(16-5-3-2-4-13(16)10-19)11-14-9-15(18)8-12-6-7-21-17(12)14/h2-5,8-9H,6-7,11H2,1H3. The maximum Gasteiger partial charge on any atom is 0.127 e. The zero-order chi connectivity index (χ0) is 14.8. The molecule has 21 heavy (non-hydrogen) atoms. The minimum absolute atomic E-state index is 0.688. The summed E-state index contributed by atoms with van der Waals surface area (Å²) in [5, 5.41) is 9.22. The minimum Gasteiger partial charge on any atom is -0.493 e. The number of hydrogen-bond donors (Lipinski definition) is 0. The Kier molecular flexibility index (Phi) is 3.85. The molecule has 0 bridgehead atoms. The van der Waals surface area contributed by atoms with E-state index in [0.29, 0.717) is 12.1 Å². The number of para-hydroxylation sites is 1. The first-order valence-electron chi connectivity index (χ1n) is 6.83. The SMILES string of the molecule is CN(Cc1cc(Br)cc2c1OCC2)c1ccccc1C#N. The van der Waals surface area contributed by atoms with Gasteiger partial charge in [0.05, 0.1) is 17.9 Å². The van der Waals surface area contributed by atoms with Crippen LogP contribution in [0.4, 0.5) is 5.69 Å². The number of rotatable bonds is 3. The fraction of sp³-hybridized carbons (Fsp3) is 0.235. The Bertz CT molecular complexity index is 721. The van der Waals surface area contributed by atoms with E-state index in [1.165, 1.54) is 5.56 Å². The highest BCUT2D eigenvalue weighted by atomic mass is 79.9. The van der Waals surface area contributed by atoms with Crippen molar-refractivity contribution in [2.75, 3.05) is 18.6 Å². The molecule has 0 fully saturated rings. The van der Waals surface area contributed by atoms with Gasteiger partial charge in [0, 0.05) is 30.0 Å². The lowest BCUT2D eigenvalue weighted by molar-refractivity contribution is 0.353. The highest BCUT2D eigenvalue weighted by Crippen LogP contribution is 2.34. The molecule has 106 valence electrons. The average molecular weight is 343 g/mol. The molecule has 0 amide bonds. The first-order chi connectivity index (χ1) is 10.2. The van der Waals surface area contributed by atoms with Crippen LogP contribution in [-0.2, 0) is 13.0 Å². The van der Waals surface area contributed by atoms with Gasteiger partial charge >= 0.3 is 0 Å². The van der Waals surface area contributed by atoms with Crippen molar-refractivity contribution < 1.29 is 4.74 Å². The Labute approximate surface area is 132 Å². The van der Waals surface area contributed by atoms with Crippen LogP contribution < -0.4 is 9.64 Å². The zero-order valence-electron chi connectivity index (χ0n) is 11.8. The van der Waals surface area contributed by atoms with Crippen LogP contribution in [0.5, 0.6) is 5.75 Å². The van der Waals surface area contributed by atoms with Gasteiger partial charge in [-0.3, -0.25) is 0 Å². The first-order valence-corrected chi connectivity index (χ1v) is 7.62. The summed E-state index contributed by atoms with van der Waals surface area (Å²) in [6.07, 6.45) is 0.959. The third-order valence-corrected chi connectivity index (χ3v) is 4.13. The van der Waals surface area contributed by atoms with Crippen molar-refractivity contribution >= 4 is 21.6 Å². The molecular weight excluding hydrogens is 328 g/mol. The van der Waals surface area contributed by atoms with Gasteiger partial charge in [-0.05, 0) is 29.8 Å². The normalized spacial score (nSPS) is 12.4. The molecule has 0 N–H and O–H groups in total. The monoisotopic (exact) mass is 342 g/mol. The molecule has 2 aromatic carbocycles. The van der Waals surface area contributed by atoms with Crippen LogP contribution in [0.2, 0.25) is 0 Å². The summed E-state index contributed by atoms with van der Waals surface area (Å²) in [5.41, 5.74) is 4.02. The van der Waals surface area contributed by atoms with Gasteiger partial charge in [-0.15, -0.1) is 0 Å². The molecule has 1 heterocycles. The second-order valence-electron chi connectivity index (χ2n) is 5.14. The number of ether oxygens (including phenoxy) is 1. The Morgan fingerprint density at radius 1 is 1.33 bits per heavy atom. The van der Waals surface area contributed by atoms with E-state index < -0.39 is 0 Å². The molecule has 0 aliphatic carbocycles. The smallest absolute Gasteiger partial charge is 0.127 e. The molecule has 0 saturated heterocycles. The lowest BCUT2D eigenvalue weighted by Gasteiger charge is -2.22. The van der Waals surface area contributed by atoms with Crippen molar-refractivity contribution in [3.05, 3.63) is 57.6 Å². The van der Waals surface area contributed by atoms with Gasteiger partial charge in [-0.25, -0.2) is 0 Å². The van der Waals surface area contributed by atoms with Gasteiger partial charge < -0.3 is 9.64 Å². The van der Waals surface area contributed by atoms with Gasteiger partial charge in [-0.2, -0.15) is 5.26 Å². The lowest BCUT2D eigenvalue weighted by Crippen LogP contribution is -2.18. The van der Waals surface area contributed by atoms with Gasteiger partial charge in [-0.1, -0.05) is 28.1 Å². The molecule has 3 nitrogen and oxygen atoms in total. The van der Waals surface area contributed by atoms with Crippen LogP contribution in [0, 0.1) is 11.3 Å². The summed E-state index contributed by atoms with van der Waals surface area (Å²) in [5.74, 6) is 1.000. The average Bonchev–Trinajstić information content (AvgIpc) is 2.95. The van der Waals surface area contributed by atoms with Crippen LogP contribution in [0.1, 0.15) is 16.7 Å². The van der Waals surface area contributed by atoms with Crippen LogP contribution >= 0.6 is 15.9 Å². The quantitative estimate of drug-likeness (QED) is 0.848. The van der Waals surface area contributed by atoms with Crippen molar-refractivity contribution in [2.45, 2.75) is 13.0 Å². The summed E-state index contributed by atoms with van der Waals surface area (Å²) < 4.78 is 6.84. The number of hydrogen-bond acceptors (Lipinski definition) is 3. The second kappa shape index (κ2) is 5.79. The van der Waals surface area contributed by atoms with E-state index in [1.54, 1.807) is 0 Å². The highest BCUT2D eigenvalue weighted by molar-refractivity contribution is 9.10. The maximum absolute atomic E-state index is 9.22. The van der Waals surface area contributed by atoms with Gasteiger partial charge in [0.15, 0.2) is 0 Å². The van der Waals surface area contributed by atoms with E-state index in [2.05, 4.69) is 39.0 Å². The van der Waals surface area contributed by atoms with E-state index in [0.717, 1.165) is 34.5 Å². The van der Waals surface area contributed by atoms with E-state index in [4.69, 9.17) is 4.74 Å². The molecule has 0 saturated carbocycles. The van der Waals surface area contributed by atoms with Crippen LogP contribution in [-0.4, -0.2) is 13.7 Å². The van der Waals surface area contributed by atoms with Gasteiger partial charge in [0.2, 0.25) is 0 Å². The molecule has 0 aromatic heterocycles. The Hall–Kier alpha value is -1.99. The predicted molar refractivity (Wildman–Crippen MR) is 86.6 cm³/mol. The van der Waals surface area contributed by atoms with Crippen molar-refractivity contribution in [3.63, 3.8) is 0 Å². The van der Waals surface area contributed by atoms with Crippen molar-refractivity contribution in [1.82, 2.24) is 0 Å². The molecule has 1 aliphatic rings. The lowest BCUT2D eigenvalue weighted by atomic mass is 10.1. The molecular formula is C17H15BrN2O. The molecule has 4 heteroatoms. The third kappa shape index (κ3) is 2.74. The van der Waals surface area contributed by atoms with E-state index in [9.17, 15) is 5.26 Å². The third-order valence-electron chi connectivity index (χ3n) is 3.67. The molecule has 0 radical (unpaired) electrons. The molecule has 2 aromatic rings. The van der Waals surface area contributed by atoms with E-state index in [-0.39, 0.29) is 0 Å². The Morgan fingerprint density at radius 2 is 2.14 bits per heavy atom. The summed E-state index contributed by atoms with van der Waals surface area (Å²) >= 11 is 3.56. The second-order valence-corrected chi connectivity index (χ2v) is 6.05. The number of halogens is 1. The molecule has 0 unspecified atom stereocenters. The molecule has 3 rings (SSSR count). The maximum atomic E-state index is 9.22. The summed E-state index contributed by atoms with van der Waals surface area (Å²) in [6, 6.07) is 14.1. The van der Waals surface area contributed by atoms with E-state index in [1.807, 2.05) is 31.3 Å². The van der Waals surface area contributed by atoms with Gasteiger partial charge in [0.25, 0.3) is 0 Å². The van der Waals surface area contributed by atoms with Crippen LogP contribution in [0.3, 0.4) is 0 Å². The van der Waals surface area contributed by atoms with Crippen molar-refractivity contribution in [1.29, 1.82) is 5.26 Å². The molecule has 1 aliphatic heterocycles. The predicted octanol–water partition coefficient (Wildman–Crippen LogP) is 3.89.